The van der Waals surface area contributed by atoms with Gasteiger partial charge in [0.1, 0.15) is 0 Å². The summed E-state index contributed by atoms with van der Waals surface area (Å²) >= 11 is 0. The lowest BCUT2D eigenvalue weighted by Crippen LogP contribution is -2.51. The highest BCUT2D eigenvalue weighted by atomic mass is 19.1. The number of piperidine rings is 1. The number of rotatable bonds is 3. The fraction of sp³-hybridized carbons (Fsp3) is 0.500. The van der Waals surface area contributed by atoms with E-state index in [-0.39, 0.29) is 17.7 Å². The predicted octanol–water partition coefficient (Wildman–Crippen LogP) is 1.16. The zero-order valence-electron chi connectivity index (χ0n) is 11.6. The summed E-state index contributed by atoms with van der Waals surface area (Å²) < 4.78 is 24.3. The van der Waals surface area contributed by atoms with Crippen LogP contribution in [0.25, 0.3) is 0 Å². The molecule has 1 heterocycles. The number of nitrogens with zero attached hydrogens (tertiary/aromatic N) is 1. The number of carbonyl (C=O) groups is 1. The lowest BCUT2D eigenvalue weighted by molar-refractivity contribution is 0.0595. The molecular formula is C14H19FN2O3. The van der Waals surface area contributed by atoms with Crippen molar-refractivity contribution in [3.8, 4) is 0 Å². The smallest absolute Gasteiger partial charge is 0.340 e. The average Bonchev–Trinajstić information content (AvgIpc) is 2.47. The molecule has 1 aliphatic rings. The van der Waals surface area contributed by atoms with Gasteiger partial charge in [-0.3, -0.25) is 0 Å². The Balaban J connectivity index is 2.27. The van der Waals surface area contributed by atoms with Crippen LogP contribution in [-0.2, 0) is 9.47 Å². The van der Waals surface area contributed by atoms with Crippen molar-refractivity contribution < 1.29 is 18.7 Å². The molecule has 0 amide bonds. The molecule has 0 aromatic heterocycles. The molecular weight excluding hydrogens is 263 g/mol. The van der Waals surface area contributed by atoms with Gasteiger partial charge in [0.15, 0.2) is 5.82 Å². The van der Waals surface area contributed by atoms with Gasteiger partial charge >= 0.3 is 5.97 Å². The highest BCUT2D eigenvalue weighted by molar-refractivity contribution is 5.91. The van der Waals surface area contributed by atoms with Crippen molar-refractivity contribution in [3.05, 3.63) is 29.6 Å². The Kier molecular flexibility index (Phi) is 4.57. The Labute approximate surface area is 117 Å². The molecule has 2 atom stereocenters. The third kappa shape index (κ3) is 2.76. The number of hydrogen-bond donors (Lipinski definition) is 1. The zero-order valence-corrected chi connectivity index (χ0v) is 11.6. The minimum absolute atomic E-state index is 0.0527. The van der Waals surface area contributed by atoms with Gasteiger partial charge in [0.25, 0.3) is 0 Å². The Bertz CT molecular complexity index is 495. The summed E-state index contributed by atoms with van der Waals surface area (Å²) in [4.78, 5) is 13.4. The maximum Gasteiger partial charge on any atom is 0.340 e. The van der Waals surface area contributed by atoms with Gasteiger partial charge in [-0.15, -0.1) is 0 Å². The van der Waals surface area contributed by atoms with Gasteiger partial charge in [-0.25, -0.2) is 9.18 Å². The van der Waals surface area contributed by atoms with E-state index in [9.17, 15) is 9.18 Å². The van der Waals surface area contributed by atoms with E-state index in [0.29, 0.717) is 25.2 Å². The molecule has 2 N–H and O–H groups in total. The molecule has 2 rings (SSSR count). The van der Waals surface area contributed by atoms with Crippen molar-refractivity contribution in [2.75, 3.05) is 32.2 Å². The Morgan fingerprint density at radius 3 is 2.85 bits per heavy atom. The third-order valence-corrected chi connectivity index (χ3v) is 3.64. The first-order valence-corrected chi connectivity index (χ1v) is 6.48. The van der Waals surface area contributed by atoms with Crippen LogP contribution in [0.3, 0.4) is 0 Å². The first kappa shape index (κ1) is 14.7. The minimum atomic E-state index is -0.679. The van der Waals surface area contributed by atoms with Gasteiger partial charge in [-0.05, 0) is 18.6 Å². The van der Waals surface area contributed by atoms with Gasteiger partial charge in [0.05, 0.1) is 24.5 Å². The lowest BCUT2D eigenvalue weighted by atomic mass is 10.0. The molecule has 0 spiro atoms. The largest absolute Gasteiger partial charge is 0.465 e. The molecule has 110 valence electrons. The van der Waals surface area contributed by atoms with Crippen molar-refractivity contribution in [1.82, 2.24) is 0 Å². The van der Waals surface area contributed by atoms with Crippen LogP contribution in [0.1, 0.15) is 16.8 Å². The van der Waals surface area contributed by atoms with E-state index in [0.717, 1.165) is 0 Å². The Morgan fingerprint density at radius 1 is 1.45 bits per heavy atom. The van der Waals surface area contributed by atoms with E-state index < -0.39 is 11.8 Å². The number of carbonyl (C=O) groups excluding carboxylic acids is 1. The number of anilines is 1. The van der Waals surface area contributed by atoms with Crippen LogP contribution in [0.15, 0.2) is 18.2 Å². The molecule has 20 heavy (non-hydrogen) atoms. The highest BCUT2D eigenvalue weighted by Gasteiger charge is 2.29. The van der Waals surface area contributed by atoms with Crippen LogP contribution in [0.4, 0.5) is 10.1 Å². The molecule has 5 nitrogen and oxygen atoms in total. The second-order valence-electron chi connectivity index (χ2n) is 4.80. The van der Waals surface area contributed by atoms with E-state index in [1.165, 1.54) is 13.2 Å². The molecule has 0 unspecified atom stereocenters. The van der Waals surface area contributed by atoms with Crippen molar-refractivity contribution in [1.29, 1.82) is 0 Å². The second kappa shape index (κ2) is 6.19. The summed E-state index contributed by atoms with van der Waals surface area (Å²) in [5.41, 5.74) is 6.26. The zero-order chi connectivity index (χ0) is 14.7. The standard InChI is InChI=1S/C14H19FN2O3/c1-19-12-8-17(7-6-10(12)16)11-5-3-4-9(13(11)15)14(18)20-2/h3-5,10,12H,6-8,16H2,1-2H3/t10-,12+/m1/s1. The normalized spacial score (nSPS) is 22.7. The van der Waals surface area contributed by atoms with Gasteiger partial charge < -0.3 is 20.1 Å². The third-order valence-electron chi connectivity index (χ3n) is 3.64. The van der Waals surface area contributed by atoms with Crippen molar-refractivity contribution >= 4 is 11.7 Å². The predicted molar refractivity (Wildman–Crippen MR) is 73.3 cm³/mol. The van der Waals surface area contributed by atoms with E-state index in [1.54, 1.807) is 19.2 Å². The summed E-state index contributed by atoms with van der Waals surface area (Å²) in [6, 6.07) is 4.64. The molecule has 0 aliphatic carbocycles. The van der Waals surface area contributed by atoms with Crippen molar-refractivity contribution in [2.45, 2.75) is 18.6 Å². The first-order chi connectivity index (χ1) is 9.58. The fourth-order valence-electron chi connectivity index (χ4n) is 2.43. The van der Waals surface area contributed by atoms with Crippen molar-refractivity contribution in [2.24, 2.45) is 5.73 Å². The number of methoxy groups -OCH3 is 2. The monoisotopic (exact) mass is 282 g/mol. The number of benzene rings is 1. The SMILES string of the molecule is COC(=O)c1cccc(N2CC[C@@H](N)[C@@H](OC)C2)c1F. The highest BCUT2D eigenvalue weighted by Crippen LogP contribution is 2.26. The number of halogens is 1. The Morgan fingerprint density at radius 2 is 2.20 bits per heavy atom. The maximum absolute atomic E-state index is 14.4. The number of ether oxygens (including phenoxy) is 2. The molecule has 1 saturated heterocycles. The van der Waals surface area contributed by atoms with Gasteiger partial charge in [-0.2, -0.15) is 0 Å². The average molecular weight is 282 g/mol. The van der Waals surface area contributed by atoms with Crippen LogP contribution < -0.4 is 10.6 Å². The summed E-state index contributed by atoms with van der Waals surface area (Å²) in [6.07, 6.45) is 0.561. The first-order valence-electron chi connectivity index (χ1n) is 6.48. The van der Waals surface area contributed by atoms with Gasteiger partial charge in [-0.1, -0.05) is 6.07 Å². The lowest BCUT2D eigenvalue weighted by Gasteiger charge is -2.37. The molecule has 1 aromatic carbocycles. The Hall–Kier alpha value is -1.66. The van der Waals surface area contributed by atoms with E-state index in [4.69, 9.17) is 10.5 Å². The topological polar surface area (TPSA) is 64.8 Å². The fourth-order valence-corrected chi connectivity index (χ4v) is 2.43. The van der Waals surface area contributed by atoms with E-state index in [2.05, 4.69) is 4.74 Å². The molecule has 1 aliphatic heterocycles. The molecule has 0 saturated carbocycles. The molecule has 6 heteroatoms. The number of esters is 1. The van der Waals surface area contributed by atoms with Gasteiger partial charge in [0.2, 0.25) is 0 Å². The summed E-state index contributed by atoms with van der Waals surface area (Å²) in [6.45, 7) is 1.13. The molecule has 0 radical (unpaired) electrons. The van der Waals surface area contributed by atoms with Crippen LogP contribution in [0.5, 0.6) is 0 Å². The number of nitrogens with two attached hydrogens (primary N) is 1. The van der Waals surface area contributed by atoms with Crippen molar-refractivity contribution in [3.63, 3.8) is 0 Å². The number of hydrogen-bond acceptors (Lipinski definition) is 5. The molecule has 1 fully saturated rings. The summed E-state index contributed by atoms with van der Waals surface area (Å²) in [5, 5.41) is 0. The minimum Gasteiger partial charge on any atom is -0.465 e. The van der Waals surface area contributed by atoms with Gasteiger partial charge in [0, 0.05) is 26.2 Å². The van der Waals surface area contributed by atoms with E-state index in [1.807, 2.05) is 4.90 Å². The van der Waals surface area contributed by atoms with E-state index >= 15 is 0 Å². The maximum atomic E-state index is 14.4. The second-order valence-corrected chi connectivity index (χ2v) is 4.80. The quantitative estimate of drug-likeness (QED) is 0.843. The van der Waals surface area contributed by atoms with Crippen LogP contribution in [0.2, 0.25) is 0 Å². The van der Waals surface area contributed by atoms with Crippen LogP contribution in [-0.4, -0.2) is 45.4 Å². The van der Waals surface area contributed by atoms with Crippen LogP contribution >= 0.6 is 0 Å². The summed E-state index contributed by atoms with van der Waals surface area (Å²) in [7, 11) is 2.82. The molecule has 0 bridgehead atoms. The summed E-state index contributed by atoms with van der Waals surface area (Å²) in [5.74, 6) is -1.24. The molecule has 1 aromatic rings. The van der Waals surface area contributed by atoms with Crippen LogP contribution in [0, 0.1) is 5.82 Å².